The molecule has 0 saturated carbocycles. The molecule has 1 aliphatic rings. The molecule has 4 atom stereocenters. The maximum Gasteiger partial charge on any atom is 0.303 e. The van der Waals surface area contributed by atoms with E-state index >= 15 is 0 Å². The molecule has 1 amide bonds. The van der Waals surface area contributed by atoms with Crippen molar-refractivity contribution in [2.75, 3.05) is 19.6 Å². The summed E-state index contributed by atoms with van der Waals surface area (Å²) >= 11 is 0. The van der Waals surface area contributed by atoms with E-state index in [-0.39, 0.29) is 43.5 Å². The lowest BCUT2D eigenvalue weighted by Crippen LogP contribution is -2.45. The number of aliphatic hydroxyl groups is 1. The molecular weight excluding hydrogens is 677 g/mol. The summed E-state index contributed by atoms with van der Waals surface area (Å²) in [5.41, 5.74) is 5.96. The number of ether oxygens (including phenoxy) is 2. The second-order valence-electron chi connectivity index (χ2n) is 15.2. The number of carbonyl (C=O) groups excluding carboxylic acids is 1. The van der Waals surface area contributed by atoms with Gasteiger partial charge in [-0.3, -0.25) is 9.59 Å². The van der Waals surface area contributed by atoms with E-state index in [1.165, 1.54) is 77.0 Å². The fourth-order valence-electron chi connectivity index (χ4n) is 7.31. The first kappa shape index (κ1) is 43.2. The van der Waals surface area contributed by atoms with Gasteiger partial charge in [0.05, 0.1) is 25.2 Å². The Morgan fingerprint density at radius 3 is 1.93 bits per heavy atom. The van der Waals surface area contributed by atoms with Crippen molar-refractivity contribution in [2.45, 2.75) is 142 Å². The summed E-state index contributed by atoms with van der Waals surface area (Å²) in [6.07, 6.45) is 14.5. The van der Waals surface area contributed by atoms with E-state index in [4.69, 9.17) is 14.6 Å². The number of aliphatic hydroxyl groups excluding tert-OH is 1. The highest BCUT2D eigenvalue weighted by atomic mass is 16.7. The first-order valence-corrected chi connectivity index (χ1v) is 20.7. The standard InChI is InChI=1S/C46H66N2O6/c1-4-6-8-10-12-14-29-48(30-15-13-11-9-7-5-2)33-42-35(3)45(39-21-19-36(34-49)20-22-39)54-46(53-42)40-25-23-38(24-26-40)41-18-16-17-37(31-41)32-47-43(50)27-28-44(51)52/h16-26,31,35,42,45-46,49H,4-15,27-30,32-34H2,1-3H3,(H,47,50)(H,51,52)/t35-,42+,45+,46+/m1/s1. The average Bonchev–Trinajstić information content (AvgIpc) is 3.19. The van der Waals surface area contributed by atoms with Gasteiger partial charge < -0.3 is 29.9 Å². The Labute approximate surface area is 324 Å². The van der Waals surface area contributed by atoms with Crippen LogP contribution in [0.2, 0.25) is 0 Å². The third-order valence-corrected chi connectivity index (χ3v) is 10.7. The van der Waals surface area contributed by atoms with Crippen molar-refractivity contribution in [3.8, 4) is 11.1 Å². The van der Waals surface area contributed by atoms with Crippen molar-refractivity contribution < 1.29 is 29.3 Å². The number of carboxylic acids is 1. The van der Waals surface area contributed by atoms with Gasteiger partial charge in [-0.25, -0.2) is 0 Å². The molecule has 1 saturated heterocycles. The number of unbranched alkanes of at least 4 members (excludes halogenated alkanes) is 10. The molecule has 4 rings (SSSR count). The Kier molecular flexibility index (Phi) is 19.2. The van der Waals surface area contributed by atoms with Gasteiger partial charge in [0.1, 0.15) is 0 Å². The van der Waals surface area contributed by atoms with Crippen LogP contribution in [-0.4, -0.2) is 52.7 Å². The highest BCUT2D eigenvalue weighted by Crippen LogP contribution is 2.42. The number of nitrogens with zero attached hydrogens (tertiary/aromatic N) is 1. The van der Waals surface area contributed by atoms with E-state index in [0.29, 0.717) is 6.54 Å². The van der Waals surface area contributed by atoms with Crippen LogP contribution < -0.4 is 5.32 Å². The van der Waals surface area contributed by atoms with Crippen molar-refractivity contribution in [3.63, 3.8) is 0 Å². The lowest BCUT2D eigenvalue weighted by Gasteiger charge is -2.43. The van der Waals surface area contributed by atoms with E-state index in [2.05, 4.69) is 67.4 Å². The fourth-order valence-corrected chi connectivity index (χ4v) is 7.31. The maximum absolute atomic E-state index is 12.1. The van der Waals surface area contributed by atoms with Crippen LogP contribution >= 0.6 is 0 Å². The Bertz CT molecular complexity index is 1490. The molecule has 8 heteroatoms. The van der Waals surface area contributed by atoms with Crippen molar-refractivity contribution in [2.24, 2.45) is 5.92 Å². The number of rotatable bonds is 25. The number of amides is 1. The molecule has 296 valence electrons. The summed E-state index contributed by atoms with van der Waals surface area (Å²) in [6.45, 7) is 10.2. The molecule has 3 N–H and O–H groups in total. The molecular formula is C46H66N2O6. The van der Waals surface area contributed by atoms with Crippen LogP contribution in [0.4, 0.5) is 0 Å². The van der Waals surface area contributed by atoms with Gasteiger partial charge in [-0.05, 0) is 59.8 Å². The van der Waals surface area contributed by atoms with Crippen molar-refractivity contribution in [3.05, 3.63) is 95.1 Å². The van der Waals surface area contributed by atoms with Gasteiger partial charge in [-0.1, -0.05) is 152 Å². The number of benzene rings is 3. The molecule has 0 unspecified atom stereocenters. The van der Waals surface area contributed by atoms with E-state index < -0.39 is 12.3 Å². The molecule has 0 aliphatic carbocycles. The molecule has 0 spiro atoms. The van der Waals surface area contributed by atoms with Crippen LogP contribution in [0, 0.1) is 5.92 Å². The fraction of sp³-hybridized carbons (Fsp3) is 0.565. The lowest BCUT2D eigenvalue weighted by atomic mass is 9.89. The van der Waals surface area contributed by atoms with Gasteiger partial charge in [-0.2, -0.15) is 0 Å². The minimum absolute atomic E-state index is 0.0122. The quantitative estimate of drug-likeness (QED) is 0.0742. The third-order valence-electron chi connectivity index (χ3n) is 10.7. The number of carbonyl (C=O) groups is 2. The number of carboxylic acid groups (broad SMARTS) is 1. The molecule has 0 aromatic heterocycles. The zero-order valence-electron chi connectivity index (χ0n) is 33.1. The lowest BCUT2D eigenvalue weighted by molar-refractivity contribution is -0.276. The predicted octanol–water partition coefficient (Wildman–Crippen LogP) is 10.1. The number of aliphatic carboxylic acids is 1. The van der Waals surface area contributed by atoms with Gasteiger partial charge in [0.15, 0.2) is 6.29 Å². The predicted molar refractivity (Wildman–Crippen MR) is 217 cm³/mol. The molecule has 1 fully saturated rings. The van der Waals surface area contributed by atoms with Gasteiger partial charge in [0, 0.05) is 31.0 Å². The van der Waals surface area contributed by atoms with E-state index in [9.17, 15) is 14.7 Å². The van der Waals surface area contributed by atoms with Crippen LogP contribution in [0.3, 0.4) is 0 Å². The first-order chi connectivity index (χ1) is 26.3. The zero-order valence-corrected chi connectivity index (χ0v) is 33.1. The van der Waals surface area contributed by atoms with Crippen molar-refractivity contribution >= 4 is 11.9 Å². The van der Waals surface area contributed by atoms with Gasteiger partial charge in [0.2, 0.25) is 5.91 Å². The van der Waals surface area contributed by atoms with Crippen molar-refractivity contribution in [1.82, 2.24) is 10.2 Å². The normalized spacial score (nSPS) is 18.5. The molecule has 0 radical (unpaired) electrons. The third kappa shape index (κ3) is 14.6. The van der Waals surface area contributed by atoms with E-state index in [1.54, 1.807) is 0 Å². The maximum atomic E-state index is 12.1. The molecule has 3 aromatic carbocycles. The topological polar surface area (TPSA) is 108 Å². The smallest absolute Gasteiger partial charge is 0.303 e. The van der Waals surface area contributed by atoms with Gasteiger partial charge in [-0.15, -0.1) is 0 Å². The molecule has 0 bridgehead atoms. The zero-order chi connectivity index (χ0) is 38.5. The highest BCUT2D eigenvalue weighted by Gasteiger charge is 2.39. The monoisotopic (exact) mass is 742 g/mol. The van der Waals surface area contributed by atoms with Gasteiger partial charge >= 0.3 is 5.97 Å². The van der Waals surface area contributed by atoms with Gasteiger partial charge in [0.25, 0.3) is 0 Å². The van der Waals surface area contributed by atoms with Crippen LogP contribution in [0.25, 0.3) is 11.1 Å². The van der Waals surface area contributed by atoms with Crippen LogP contribution in [-0.2, 0) is 32.2 Å². The van der Waals surface area contributed by atoms with Crippen LogP contribution in [0.15, 0.2) is 72.8 Å². The summed E-state index contributed by atoms with van der Waals surface area (Å²) < 4.78 is 13.7. The minimum atomic E-state index is -0.981. The Morgan fingerprint density at radius 2 is 1.31 bits per heavy atom. The SMILES string of the molecule is CCCCCCCCN(CCCCCCCC)C[C@@H]1O[C@H](c2ccc(-c3cccc(CNC(=O)CCC(=O)O)c3)cc2)O[C@H](c2ccc(CO)cc2)[C@@H]1C. The van der Waals surface area contributed by atoms with E-state index in [0.717, 1.165) is 53.0 Å². The Balaban J connectivity index is 1.49. The first-order valence-electron chi connectivity index (χ1n) is 20.7. The van der Waals surface area contributed by atoms with Crippen LogP contribution in [0.1, 0.15) is 145 Å². The summed E-state index contributed by atoms with van der Waals surface area (Å²) in [4.78, 5) is 25.5. The Hall–Kier alpha value is -3.56. The second-order valence-corrected chi connectivity index (χ2v) is 15.2. The molecule has 1 heterocycles. The largest absolute Gasteiger partial charge is 0.481 e. The van der Waals surface area contributed by atoms with Crippen molar-refractivity contribution in [1.29, 1.82) is 0 Å². The summed E-state index contributed by atoms with van der Waals surface area (Å²) in [5.74, 6) is -1.13. The van der Waals surface area contributed by atoms with E-state index in [1.807, 2.05) is 36.4 Å². The number of hydrogen-bond donors (Lipinski definition) is 3. The number of nitrogens with one attached hydrogen (secondary N) is 1. The minimum Gasteiger partial charge on any atom is -0.481 e. The average molecular weight is 743 g/mol. The molecule has 1 aliphatic heterocycles. The molecule has 3 aromatic rings. The number of hydrogen-bond acceptors (Lipinski definition) is 6. The highest BCUT2D eigenvalue weighted by molar-refractivity contribution is 5.80. The Morgan fingerprint density at radius 1 is 0.704 bits per heavy atom. The molecule has 54 heavy (non-hydrogen) atoms. The second kappa shape index (κ2) is 24.1. The van der Waals surface area contributed by atoms with Crippen LogP contribution in [0.5, 0.6) is 0 Å². The summed E-state index contributed by atoms with van der Waals surface area (Å²) in [6, 6.07) is 24.5. The summed E-state index contributed by atoms with van der Waals surface area (Å²) in [5, 5.41) is 21.4. The molecule has 8 nitrogen and oxygen atoms in total. The summed E-state index contributed by atoms with van der Waals surface area (Å²) in [7, 11) is 0.